The summed E-state index contributed by atoms with van der Waals surface area (Å²) in [4.78, 5) is 10.6. The van der Waals surface area contributed by atoms with Crippen LogP contribution in [-0.2, 0) is 0 Å². The molecule has 4 nitrogen and oxygen atoms in total. The highest BCUT2D eigenvalue weighted by Crippen LogP contribution is 2.29. The summed E-state index contributed by atoms with van der Waals surface area (Å²) < 4.78 is 0. The van der Waals surface area contributed by atoms with Crippen LogP contribution in [0.1, 0.15) is 6.42 Å². The van der Waals surface area contributed by atoms with Crippen LogP contribution < -0.4 is 10.2 Å². The van der Waals surface area contributed by atoms with Crippen molar-refractivity contribution < 1.29 is 0 Å². The first-order valence-electron chi connectivity index (χ1n) is 6.80. The average Bonchev–Trinajstić information content (AvgIpc) is 3.04. The van der Waals surface area contributed by atoms with Gasteiger partial charge in [-0.1, -0.05) is 12.1 Å². The van der Waals surface area contributed by atoms with E-state index in [9.17, 15) is 0 Å². The number of aromatic amines is 1. The molecule has 0 bridgehead atoms. The van der Waals surface area contributed by atoms with Crippen molar-refractivity contribution in [1.82, 2.24) is 15.3 Å². The average molecular weight is 242 g/mol. The molecule has 0 aliphatic carbocycles. The van der Waals surface area contributed by atoms with Crippen LogP contribution in [0.2, 0.25) is 0 Å². The minimum atomic E-state index is 0.798. The zero-order valence-corrected chi connectivity index (χ0v) is 10.4. The van der Waals surface area contributed by atoms with Crippen molar-refractivity contribution in [2.24, 2.45) is 11.8 Å². The molecule has 2 fully saturated rings. The second-order valence-electron chi connectivity index (χ2n) is 5.49. The lowest BCUT2D eigenvalue weighted by molar-refractivity contribution is 0.346. The van der Waals surface area contributed by atoms with E-state index in [0.717, 1.165) is 41.9 Å². The van der Waals surface area contributed by atoms with Gasteiger partial charge in [0.25, 0.3) is 0 Å². The normalized spacial score (nSPS) is 27.7. The fourth-order valence-electron chi connectivity index (χ4n) is 3.32. The summed E-state index contributed by atoms with van der Waals surface area (Å²) in [6.07, 6.45) is 1.29. The molecule has 2 unspecified atom stereocenters. The summed E-state index contributed by atoms with van der Waals surface area (Å²) in [7, 11) is 0. The standard InChI is InChI=1S/C14H18N4/c1-2-4-13-12(3-1)16-14(17-13)18-6-5-10-7-15-8-11(10)9-18/h1-4,10-11,15H,5-9H2,(H,16,17). The highest BCUT2D eigenvalue weighted by atomic mass is 15.3. The number of hydrogen-bond donors (Lipinski definition) is 2. The lowest BCUT2D eigenvalue weighted by Gasteiger charge is -2.34. The third-order valence-electron chi connectivity index (χ3n) is 4.38. The zero-order chi connectivity index (χ0) is 11.9. The maximum absolute atomic E-state index is 4.70. The largest absolute Gasteiger partial charge is 0.342 e. The first kappa shape index (κ1) is 10.4. The Balaban J connectivity index is 1.62. The molecule has 2 N–H and O–H groups in total. The third kappa shape index (κ3) is 1.60. The van der Waals surface area contributed by atoms with Crippen molar-refractivity contribution >= 4 is 17.0 Å². The van der Waals surface area contributed by atoms with Gasteiger partial charge in [-0.05, 0) is 43.5 Å². The predicted molar refractivity (Wildman–Crippen MR) is 72.8 cm³/mol. The summed E-state index contributed by atoms with van der Waals surface area (Å²) in [5, 5.41) is 3.51. The molecule has 4 rings (SSSR count). The number of aromatic nitrogens is 2. The molecule has 0 radical (unpaired) electrons. The Kier molecular flexibility index (Phi) is 2.30. The molecule has 0 spiro atoms. The molecule has 1 aromatic carbocycles. The predicted octanol–water partition coefficient (Wildman–Crippen LogP) is 1.61. The molecule has 2 atom stereocenters. The Morgan fingerprint density at radius 2 is 2.06 bits per heavy atom. The first-order chi connectivity index (χ1) is 8.90. The smallest absolute Gasteiger partial charge is 0.203 e. The molecule has 1 aromatic heterocycles. The van der Waals surface area contributed by atoms with Crippen LogP contribution in [0.3, 0.4) is 0 Å². The molecule has 2 saturated heterocycles. The molecule has 0 saturated carbocycles. The molecule has 3 heterocycles. The summed E-state index contributed by atoms with van der Waals surface area (Å²) >= 11 is 0. The Hall–Kier alpha value is -1.55. The van der Waals surface area contributed by atoms with Crippen molar-refractivity contribution in [1.29, 1.82) is 0 Å². The number of fused-ring (bicyclic) bond motifs is 2. The second kappa shape index (κ2) is 3.99. The van der Waals surface area contributed by atoms with Gasteiger partial charge in [-0.25, -0.2) is 4.98 Å². The second-order valence-corrected chi connectivity index (χ2v) is 5.49. The topological polar surface area (TPSA) is 44.0 Å². The van der Waals surface area contributed by atoms with Crippen molar-refractivity contribution in [3.63, 3.8) is 0 Å². The van der Waals surface area contributed by atoms with Gasteiger partial charge in [0.1, 0.15) is 0 Å². The Bertz CT molecular complexity index is 529. The van der Waals surface area contributed by atoms with E-state index in [1.165, 1.54) is 19.5 Å². The van der Waals surface area contributed by atoms with Gasteiger partial charge >= 0.3 is 0 Å². The van der Waals surface area contributed by atoms with E-state index in [0.29, 0.717) is 0 Å². The van der Waals surface area contributed by atoms with Crippen LogP contribution >= 0.6 is 0 Å². The van der Waals surface area contributed by atoms with Crippen LogP contribution in [-0.4, -0.2) is 36.1 Å². The fourth-order valence-corrected chi connectivity index (χ4v) is 3.32. The molecule has 2 aliphatic heterocycles. The van der Waals surface area contributed by atoms with Crippen molar-refractivity contribution in [3.8, 4) is 0 Å². The number of nitrogens with one attached hydrogen (secondary N) is 2. The number of benzene rings is 1. The lowest BCUT2D eigenvalue weighted by atomic mass is 9.89. The van der Waals surface area contributed by atoms with E-state index >= 15 is 0 Å². The quantitative estimate of drug-likeness (QED) is 0.798. The van der Waals surface area contributed by atoms with Crippen LogP contribution in [0.25, 0.3) is 11.0 Å². The van der Waals surface area contributed by atoms with Crippen LogP contribution in [0.5, 0.6) is 0 Å². The van der Waals surface area contributed by atoms with E-state index in [2.05, 4.69) is 33.4 Å². The molecule has 18 heavy (non-hydrogen) atoms. The molecular weight excluding hydrogens is 224 g/mol. The summed E-state index contributed by atoms with van der Waals surface area (Å²) in [6.45, 7) is 4.64. The highest BCUT2D eigenvalue weighted by molar-refractivity contribution is 5.77. The maximum atomic E-state index is 4.70. The van der Waals surface area contributed by atoms with Gasteiger partial charge in [0.2, 0.25) is 5.95 Å². The summed E-state index contributed by atoms with van der Waals surface area (Å²) in [6, 6.07) is 8.26. The molecule has 4 heteroatoms. The van der Waals surface area contributed by atoms with Crippen LogP contribution in [0.15, 0.2) is 24.3 Å². The van der Waals surface area contributed by atoms with E-state index in [1.807, 2.05) is 6.07 Å². The number of piperidine rings is 1. The van der Waals surface area contributed by atoms with E-state index in [1.54, 1.807) is 0 Å². The van der Waals surface area contributed by atoms with Crippen LogP contribution in [0.4, 0.5) is 5.95 Å². The summed E-state index contributed by atoms with van der Waals surface area (Å²) in [5.41, 5.74) is 2.21. The monoisotopic (exact) mass is 242 g/mol. The minimum absolute atomic E-state index is 0.798. The lowest BCUT2D eigenvalue weighted by Crippen LogP contribution is -2.40. The number of anilines is 1. The van der Waals surface area contributed by atoms with Gasteiger partial charge < -0.3 is 15.2 Å². The number of imidazole rings is 1. The van der Waals surface area contributed by atoms with Crippen molar-refractivity contribution in [2.45, 2.75) is 6.42 Å². The number of nitrogens with zero attached hydrogens (tertiary/aromatic N) is 2. The van der Waals surface area contributed by atoms with Gasteiger partial charge in [0.05, 0.1) is 11.0 Å². The number of hydrogen-bond acceptors (Lipinski definition) is 3. The molecule has 0 amide bonds. The van der Waals surface area contributed by atoms with Gasteiger partial charge in [-0.3, -0.25) is 0 Å². The zero-order valence-electron chi connectivity index (χ0n) is 10.4. The molecule has 2 aliphatic rings. The van der Waals surface area contributed by atoms with E-state index in [4.69, 9.17) is 4.98 Å². The maximum Gasteiger partial charge on any atom is 0.203 e. The van der Waals surface area contributed by atoms with Gasteiger partial charge in [0.15, 0.2) is 0 Å². The Morgan fingerprint density at radius 1 is 1.17 bits per heavy atom. The van der Waals surface area contributed by atoms with E-state index in [-0.39, 0.29) is 0 Å². The van der Waals surface area contributed by atoms with Gasteiger partial charge in [0, 0.05) is 13.1 Å². The summed E-state index contributed by atoms with van der Waals surface area (Å²) in [5.74, 6) is 2.72. The first-order valence-corrected chi connectivity index (χ1v) is 6.80. The molecular formula is C14H18N4. The van der Waals surface area contributed by atoms with E-state index < -0.39 is 0 Å². The highest BCUT2D eigenvalue weighted by Gasteiger charge is 2.33. The van der Waals surface area contributed by atoms with Gasteiger partial charge in [-0.2, -0.15) is 0 Å². The Morgan fingerprint density at radius 3 is 3.00 bits per heavy atom. The van der Waals surface area contributed by atoms with Crippen LogP contribution in [0, 0.1) is 11.8 Å². The van der Waals surface area contributed by atoms with Crippen molar-refractivity contribution in [2.75, 3.05) is 31.1 Å². The SMILES string of the molecule is c1ccc2[nH]c(N3CCC4CNCC4C3)nc2c1. The van der Waals surface area contributed by atoms with Gasteiger partial charge in [-0.15, -0.1) is 0 Å². The number of para-hydroxylation sites is 2. The Labute approximate surface area is 106 Å². The minimum Gasteiger partial charge on any atom is -0.342 e. The third-order valence-corrected chi connectivity index (χ3v) is 4.38. The number of rotatable bonds is 1. The fraction of sp³-hybridized carbons (Fsp3) is 0.500. The number of H-pyrrole nitrogens is 1. The molecule has 2 aromatic rings. The molecule has 94 valence electrons. The van der Waals surface area contributed by atoms with Crippen molar-refractivity contribution in [3.05, 3.63) is 24.3 Å².